The summed E-state index contributed by atoms with van der Waals surface area (Å²) in [5.41, 5.74) is 1.69. The second kappa shape index (κ2) is 12.5. The minimum Gasteiger partial charge on any atom is -0.357 e. The fourth-order valence-corrected chi connectivity index (χ4v) is 3.88. The molecule has 0 aromatic heterocycles. The number of carbonyl (C=O) groups is 1. The first-order valence-corrected chi connectivity index (χ1v) is 11.1. The third-order valence-electron chi connectivity index (χ3n) is 5.54. The van der Waals surface area contributed by atoms with Crippen LogP contribution in [0, 0.1) is 5.92 Å². The molecule has 0 spiro atoms. The van der Waals surface area contributed by atoms with Crippen LogP contribution >= 0.6 is 0 Å². The van der Waals surface area contributed by atoms with Crippen molar-refractivity contribution < 1.29 is 4.79 Å². The van der Waals surface area contributed by atoms with Gasteiger partial charge in [0, 0.05) is 31.7 Å². The first-order valence-electron chi connectivity index (χ1n) is 11.1. The fourth-order valence-electron chi connectivity index (χ4n) is 3.88. The third kappa shape index (κ3) is 7.69. The molecule has 0 aliphatic carbocycles. The molecule has 29 heavy (non-hydrogen) atoms. The number of amides is 1. The lowest BCUT2D eigenvalue weighted by Gasteiger charge is -2.34. The molecular weight excluding hydrogens is 362 g/mol. The average molecular weight is 402 g/mol. The Hall–Kier alpha value is -2.08. The summed E-state index contributed by atoms with van der Waals surface area (Å²) in [6.45, 7) is 11.3. The summed E-state index contributed by atoms with van der Waals surface area (Å²) >= 11 is 0. The maximum absolute atomic E-state index is 11.8. The summed E-state index contributed by atoms with van der Waals surface area (Å²) < 4.78 is 0. The van der Waals surface area contributed by atoms with Crippen LogP contribution < -0.4 is 16.0 Å². The minimum atomic E-state index is -0.0712. The van der Waals surface area contributed by atoms with Crippen molar-refractivity contribution in [1.29, 1.82) is 0 Å². The molecule has 1 aliphatic heterocycles. The van der Waals surface area contributed by atoms with Crippen LogP contribution in [0.2, 0.25) is 0 Å². The predicted molar refractivity (Wildman–Crippen MR) is 121 cm³/mol. The SMILES string of the molecule is CCNC(=NCc1cccc(C(=O)NC)c1)NCC(C(C)C)N1CCCCCC1. The van der Waals surface area contributed by atoms with Crippen LogP contribution in [0.1, 0.15) is 62.4 Å². The van der Waals surface area contributed by atoms with Crippen molar-refractivity contribution in [1.82, 2.24) is 20.9 Å². The Morgan fingerprint density at radius 2 is 1.86 bits per heavy atom. The Morgan fingerprint density at radius 1 is 1.14 bits per heavy atom. The van der Waals surface area contributed by atoms with Gasteiger partial charge in [0.1, 0.15) is 0 Å². The number of rotatable bonds is 8. The maximum Gasteiger partial charge on any atom is 0.251 e. The molecule has 0 radical (unpaired) electrons. The Bertz CT molecular complexity index is 650. The summed E-state index contributed by atoms with van der Waals surface area (Å²) in [4.78, 5) is 19.2. The standard InChI is InChI=1S/C23H39N5O/c1-5-25-23(26-16-19-11-10-12-20(15-19)22(29)24-4)27-17-21(18(2)3)28-13-8-6-7-9-14-28/h10-12,15,18,21H,5-9,13-14,16-17H2,1-4H3,(H,24,29)(H2,25,26,27). The van der Waals surface area contributed by atoms with Crippen LogP contribution in [0.15, 0.2) is 29.3 Å². The van der Waals surface area contributed by atoms with Crippen molar-refractivity contribution in [3.63, 3.8) is 0 Å². The van der Waals surface area contributed by atoms with Crippen molar-refractivity contribution in [2.45, 2.75) is 59.0 Å². The molecule has 1 aliphatic rings. The maximum atomic E-state index is 11.8. The van der Waals surface area contributed by atoms with E-state index in [1.54, 1.807) is 7.05 Å². The van der Waals surface area contributed by atoms with Gasteiger partial charge in [0.25, 0.3) is 5.91 Å². The molecule has 6 nitrogen and oxygen atoms in total. The Labute approximate surface area is 176 Å². The Kier molecular flexibility index (Phi) is 9.98. The molecule has 162 valence electrons. The lowest BCUT2D eigenvalue weighted by atomic mass is 10.0. The third-order valence-corrected chi connectivity index (χ3v) is 5.54. The zero-order valence-electron chi connectivity index (χ0n) is 18.6. The highest BCUT2D eigenvalue weighted by Crippen LogP contribution is 2.17. The molecule has 0 bridgehead atoms. The van der Waals surface area contributed by atoms with Gasteiger partial charge in [-0.3, -0.25) is 9.69 Å². The molecule has 1 amide bonds. The average Bonchev–Trinajstić information content (AvgIpc) is 3.01. The first-order chi connectivity index (χ1) is 14.0. The number of nitrogens with zero attached hydrogens (tertiary/aromatic N) is 2. The lowest BCUT2D eigenvalue weighted by Crippen LogP contribution is -2.49. The molecule has 1 aromatic rings. The molecule has 1 unspecified atom stereocenters. The number of carbonyl (C=O) groups excluding carboxylic acids is 1. The lowest BCUT2D eigenvalue weighted by molar-refractivity contribution is 0.0963. The smallest absolute Gasteiger partial charge is 0.251 e. The van der Waals surface area contributed by atoms with E-state index in [0.717, 1.165) is 24.6 Å². The van der Waals surface area contributed by atoms with Crippen molar-refractivity contribution in [3.05, 3.63) is 35.4 Å². The van der Waals surface area contributed by atoms with E-state index in [0.29, 0.717) is 24.1 Å². The first kappa shape index (κ1) is 23.2. The van der Waals surface area contributed by atoms with Crippen LogP contribution in [-0.2, 0) is 6.54 Å². The molecule has 2 rings (SSSR count). The number of hydrogen-bond acceptors (Lipinski definition) is 3. The number of hydrogen-bond donors (Lipinski definition) is 3. The van der Waals surface area contributed by atoms with Crippen LogP contribution in [0.4, 0.5) is 0 Å². The summed E-state index contributed by atoms with van der Waals surface area (Å²) in [6.07, 6.45) is 5.32. The summed E-state index contributed by atoms with van der Waals surface area (Å²) in [6, 6.07) is 8.15. The quantitative estimate of drug-likeness (QED) is 0.463. The normalized spacial score (nSPS) is 16.9. The van der Waals surface area contributed by atoms with Gasteiger partial charge in [-0.2, -0.15) is 0 Å². The van der Waals surface area contributed by atoms with E-state index in [-0.39, 0.29) is 5.91 Å². The minimum absolute atomic E-state index is 0.0712. The molecule has 1 fully saturated rings. The second-order valence-electron chi connectivity index (χ2n) is 8.12. The topological polar surface area (TPSA) is 68.8 Å². The Balaban J connectivity index is 2.01. The number of guanidine groups is 1. The van der Waals surface area contributed by atoms with Gasteiger partial charge in [-0.25, -0.2) is 4.99 Å². The molecule has 3 N–H and O–H groups in total. The number of benzene rings is 1. The van der Waals surface area contributed by atoms with Gasteiger partial charge in [-0.05, 0) is 56.5 Å². The van der Waals surface area contributed by atoms with Crippen molar-refractivity contribution in [3.8, 4) is 0 Å². The largest absolute Gasteiger partial charge is 0.357 e. The predicted octanol–water partition coefficient (Wildman–Crippen LogP) is 3.00. The van der Waals surface area contributed by atoms with E-state index in [1.165, 1.54) is 38.8 Å². The number of likely N-dealkylation sites (tertiary alicyclic amines) is 1. The zero-order chi connectivity index (χ0) is 21.1. The van der Waals surface area contributed by atoms with Gasteiger partial charge in [0.15, 0.2) is 5.96 Å². The fraction of sp³-hybridized carbons (Fsp3) is 0.652. The molecule has 6 heteroatoms. The number of nitrogens with one attached hydrogen (secondary N) is 3. The van der Waals surface area contributed by atoms with Crippen LogP contribution in [0.25, 0.3) is 0 Å². The number of aliphatic imine (C=N–C) groups is 1. The molecule has 1 heterocycles. The molecule has 1 atom stereocenters. The van der Waals surface area contributed by atoms with Gasteiger partial charge in [-0.15, -0.1) is 0 Å². The highest BCUT2D eigenvalue weighted by atomic mass is 16.1. The highest BCUT2D eigenvalue weighted by molar-refractivity contribution is 5.94. The van der Waals surface area contributed by atoms with E-state index in [2.05, 4.69) is 41.6 Å². The van der Waals surface area contributed by atoms with Gasteiger partial charge in [0.2, 0.25) is 0 Å². The van der Waals surface area contributed by atoms with Crippen molar-refractivity contribution >= 4 is 11.9 Å². The van der Waals surface area contributed by atoms with E-state index >= 15 is 0 Å². The molecular formula is C23H39N5O. The van der Waals surface area contributed by atoms with Gasteiger partial charge >= 0.3 is 0 Å². The molecule has 1 aromatic carbocycles. The van der Waals surface area contributed by atoms with Crippen LogP contribution in [0.5, 0.6) is 0 Å². The Morgan fingerprint density at radius 3 is 2.48 bits per heavy atom. The van der Waals surface area contributed by atoms with Gasteiger partial charge < -0.3 is 16.0 Å². The summed E-state index contributed by atoms with van der Waals surface area (Å²) in [7, 11) is 1.65. The van der Waals surface area contributed by atoms with Gasteiger partial charge in [0.05, 0.1) is 6.54 Å². The zero-order valence-corrected chi connectivity index (χ0v) is 18.6. The van der Waals surface area contributed by atoms with E-state index in [4.69, 9.17) is 4.99 Å². The van der Waals surface area contributed by atoms with Crippen molar-refractivity contribution in [2.24, 2.45) is 10.9 Å². The summed E-state index contributed by atoms with van der Waals surface area (Å²) in [5.74, 6) is 1.35. The van der Waals surface area contributed by atoms with Crippen molar-refractivity contribution in [2.75, 3.05) is 33.2 Å². The molecule has 0 saturated carbocycles. The second-order valence-corrected chi connectivity index (χ2v) is 8.12. The van der Waals surface area contributed by atoms with E-state index in [1.807, 2.05) is 24.3 Å². The summed E-state index contributed by atoms with van der Waals surface area (Å²) in [5, 5.41) is 9.58. The van der Waals surface area contributed by atoms with Crippen LogP contribution in [0.3, 0.4) is 0 Å². The van der Waals surface area contributed by atoms with E-state index in [9.17, 15) is 4.79 Å². The van der Waals surface area contributed by atoms with E-state index < -0.39 is 0 Å². The molecule has 1 saturated heterocycles. The van der Waals surface area contributed by atoms with Crippen LogP contribution in [-0.4, -0.2) is 56.0 Å². The van der Waals surface area contributed by atoms with Gasteiger partial charge in [-0.1, -0.05) is 38.8 Å². The highest BCUT2D eigenvalue weighted by Gasteiger charge is 2.22. The monoisotopic (exact) mass is 401 g/mol.